The fraction of sp³-hybridized carbons (Fsp3) is 0.0169. The molecule has 61 heavy (non-hydrogen) atoms. The standard InChI is InChI=1S/C59H39NO/c1-3-13-40(14-4-1)42-25-31-48(32-26-42)60(49-33-27-43(28-34-49)41-15-5-2-6-16-41)50-35-29-45-37-44(23-24-46(45)38-50)47-30-36-52-51-17-7-8-18-53(51)59(56(52)39-47)54-19-9-11-21-57(54)61-58-22-12-10-20-55(58)59/h1-39H. The monoisotopic (exact) mass is 777 g/mol. The molecule has 286 valence electrons. The lowest BCUT2D eigenvalue weighted by Crippen LogP contribution is -2.32. The summed E-state index contributed by atoms with van der Waals surface area (Å²) < 4.78 is 6.58. The van der Waals surface area contributed by atoms with Crippen LogP contribution in [-0.2, 0) is 5.41 Å². The number of anilines is 3. The largest absolute Gasteiger partial charge is 0.457 e. The second kappa shape index (κ2) is 14.1. The summed E-state index contributed by atoms with van der Waals surface area (Å²) in [6.45, 7) is 0. The molecule has 1 spiro atoms. The Morgan fingerprint density at radius 1 is 0.279 bits per heavy atom. The van der Waals surface area contributed by atoms with Crippen LogP contribution in [0.25, 0.3) is 55.3 Å². The fourth-order valence-corrected chi connectivity index (χ4v) is 9.90. The molecule has 0 atom stereocenters. The minimum absolute atomic E-state index is 0.499. The van der Waals surface area contributed by atoms with Crippen molar-refractivity contribution in [2.45, 2.75) is 5.41 Å². The topological polar surface area (TPSA) is 12.5 Å². The van der Waals surface area contributed by atoms with E-state index in [1.165, 1.54) is 77.5 Å². The molecular weight excluding hydrogens is 739 g/mol. The third-order valence-electron chi connectivity index (χ3n) is 12.7. The van der Waals surface area contributed by atoms with Crippen molar-refractivity contribution >= 4 is 27.8 Å². The number of hydrogen-bond donors (Lipinski definition) is 0. The Labute approximate surface area is 356 Å². The molecule has 0 radical (unpaired) electrons. The highest BCUT2D eigenvalue weighted by atomic mass is 16.5. The zero-order chi connectivity index (χ0) is 40.3. The van der Waals surface area contributed by atoms with Crippen molar-refractivity contribution in [1.82, 2.24) is 0 Å². The van der Waals surface area contributed by atoms with Crippen LogP contribution in [-0.4, -0.2) is 0 Å². The van der Waals surface area contributed by atoms with E-state index in [4.69, 9.17) is 4.74 Å². The molecule has 0 saturated heterocycles. The van der Waals surface area contributed by atoms with Gasteiger partial charge in [0.1, 0.15) is 11.5 Å². The van der Waals surface area contributed by atoms with Crippen molar-refractivity contribution < 1.29 is 4.74 Å². The minimum atomic E-state index is -0.499. The molecule has 0 unspecified atom stereocenters. The predicted molar refractivity (Wildman–Crippen MR) is 252 cm³/mol. The van der Waals surface area contributed by atoms with Crippen LogP contribution in [0, 0.1) is 0 Å². The zero-order valence-electron chi connectivity index (χ0n) is 33.4. The highest BCUT2D eigenvalue weighted by Gasteiger charge is 2.51. The molecule has 12 rings (SSSR count). The molecule has 0 aromatic heterocycles. The molecule has 0 bridgehead atoms. The summed E-state index contributed by atoms with van der Waals surface area (Å²) >= 11 is 0. The van der Waals surface area contributed by atoms with Crippen LogP contribution >= 0.6 is 0 Å². The van der Waals surface area contributed by atoms with Gasteiger partial charge in [-0.2, -0.15) is 0 Å². The van der Waals surface area contributed by atoms with Gasteiger partial charge in [0, 0.05) is 28.2 Å². The van der Waals surface area contributed by atoms with Gasteiger partial charge < -0.3 is 9.64 Å². The Bertz CT molecular complexity index is 3130. The van der Waals surface area contributed by atoms with Crippen LogP contribution in [0.3, 0.4) is 0 Å². The molecule has 10 aromatic rings. The van der Waals surface area contributed by atoms with E-state index in [1.54, 1.807) is 0 Å². The molecule has 2 heteroatoms. The summed E-state index contributed by atoms with van der Waals surface area (Å²) in [5.41, 5.74) is 17.5. The summed E-state index contributed by atoms with van der Waals surface area (Å²) in [6.07, 6.45) is 0. The Morgan fingerprint density at radius 2 is 0.705 bits per heavy atom. The number of benzene rings is 10. The van der Waals surface area contributed by atoms with Crippen molar-refractivity contribution in [3.63, 3.8) is 0 Å². The molecule has 10 aromatic carbocycles. The van der Waals surface area contributed by atoms with Gasteiger partial charge in [0.05, 0.1) is 5.41 Å². The molecule has 1 heterocycles. The van der Waals surface area contributed by atoms with Gasteiger partial charge in [-0.15, -0.1) is 0 Å². The van der Waals surface area contributed by atoms with Crippen LogP contribution in [0.5, 0.6) is 11.5 Å². The maximum absolute atomic E-state index is 6.58. The maximum atomic E-state index is 6.58. The van der Waals surface area contributed by atoms with Gasteiger partial charge in [-0.05, 0) is 127 Å². The summed E-state index contributed by atoms with van der Waals surface area (Å²) in [7, 11) is 0. The number of nitrogens with zero attached hydrogens (tertiary/aromatic N) is 1. The van der Waals surface area contributed by atoms with Crippen molar-refractivity contribution in [3.05, 3.63) is 259 Å². The van der Waals surface area contributed by atoms with Gasteiger partial charge in [-0.25, -0.2) is 0 Å². The Morgan fingerprint density at radius 3 is 1.33 bits per heavy atom. The van der Waals surface area contributed by atoms with Gasteiger partial charge in [0.15, 0.2) is 0 Å². The quantitative estimate of drug-likeness (QED) is 0.167. The van der Waals surface area contributed by atoms with Gasteiger partial charge >= 0.3 is 0 Å². The van der Waals surface area contributed by atoms with Crippen molar-refractivity contribution in [3.8, 4) is 56.0 Å². The molecule has 0 amide bonds. The van der Waals surface area contributed by atoms with Gasteiger partial charge in [-0.3, -0.25) is 0 Å². The average Bonchev–Trinajstić information content (AvgIpc) is 3.62. The van der Waals surface area contributed by atoms with Gasteiger partial charge in [-0.1, -0.05) is 176 Å². The van der Waals surface area contributed by atoms with Crippen molar-refractivity contribution in [1.29, 1.82) is 0 Å². The number of rotatable bonds is 6. The average molecular weight is 778 g/mol. The lowest BCUT2D eigenvalue weighted by Gasteiger charge is -2.39. The number of fused-ring (bicyclic) bond motifs is 10. The van der Waals surface area contributed by atoms with Crippen molar-refractivity contribution in [2.75, 3.05) is 4.90 Å². The van der Waals surface area contributed by atoms with Crippen LogP contribution in [0.4, 0.5) is 17.1 Å². The van der Waals surface area contributed by atoms with Crippen molar-refractivity contribution in [2.24, 2.45) is 0 Å². The molecule has 2 aliphatic rings. The second-order valence-electron chi connectivity index (χ2n) is 16.1. The van der Waals surface area contributed by atoms with Gasteiger partial charge in [0.2, 0.25) is 0 Å². The molecular formula is C59H39NO. The second-order valence-corrected chi connectivity index (χ2v) is 16.1. The summed E-state index contributed by atoms with van der Waals surface area (Å²) in [4.78, 5) is 2.36. The molecule has 0 saturated carbocycles. The summed E-state index contributed by atoms with van der Waals surface area (Å²) in [6, 6.07) is 85.8. The van der Waals surface area contributed by atoms with E-state index >= 15 is 0 Å². The maximum Gasteiger partial charge on any atom is 0.132 e. The SMILES string of the molecule is c1ccc(-c2ccc(N(c3ccc(-c4ccccc4)cc3)c3ccc4cc(-c5ccc6c(c5)C5(c7ccccc7Oc7ccccc75)c5ccccc5-6)ccc4c3)cc2)cc1. The highest BCUT2D eigenvalue weighted by Crippen LogP contribution is 2.62. The number of ether oxygens (including phenoxy) is 1. The van der Waals surface area contributed by atoms with E-state index in [0.29, 0.717) is 0 Å². The van der Waals surface area contributed by atoms with Crippen LogP contribution < -0.4 is 9.64 Å². The Kier molecular flexibility index (Phi) is 8.11. The highest BCUT2D eigenvalue weighted by molar-refractivity contribution is 5.94. The lowest BCUT2D eigenvalue weighted by molar-refractivity contribution is 0.436. The Hall–Kier alpha value is -7.94. The minimum Gasteiger partial charge on any atom is -0.457 e. The van der Waals surface area contributed by atoms with E-state index in [9.17, 15) is 0 Å². The van der Waals surface area contributed by atoms with Crippen LogP contribution in [0.2, 0.25) is 0 Å². The summed E-state index contributed by atoms with van der Waals surface area (Å²) in [5, 5.41) is 2.38. The van der Waals surface area contributed by atoms with E-state index in [-0.39, 0.29) is 0 Å². The molecule has 0 N–H and O–H groups in total. The first-order valence-corrected chi connectivity index (χ1v) is 21.0. The molecule has 1 aliphatic carbocycles. The first-order valence-electron chi connectivity index (χ1n) is 21.0. The third kappa shape index (κ3) is 5.64. The van der Waals surface area contributed by atoms with E-state index < -0.39 is 5.41 Å². The Balaban J connectivity index is 0.955. The van der Waals surface area contributed by atoms with Crippen LogP contribution in [0.15, 0.2) is 237 Å². The molecule has 2 nitrogen and oxygen atoms in total. The smallest absolute Gasteiger partial charge is 0.132 e. The third-order valence-corrected chi connectivity index (χ3v) is 12.7. The zero-order valence-corrected chi connectivity index (χ0v) is 33.4. The van der Waals surface area contributed by atoms with Crippen LogP contribution in [0.1, 0.15) is 22.3 Å². The van der Waals surface area contributed by atoms with Gasteiger partial charge in [0.25, 0.3) is 0 Å². The van der Waals surface area contributed by atoms with E-state index in [1.807, 2.05) is 0 Å². The normalized spacial score (nSPS) is 12.9. The predicted octanol–water partition coefficient (Wildman–Crippen LogP) is 15.8. The lowest BCUT2D eigenvalue weighted by atomic mass is 9.66. The summed E-state index contributed by atoms with van der Waals surface area (Å²) in [5.74, 6) is 1.81. The van der Waals surface area contributed by atoms with E-state index in [2.05, 4.69) is 241 Å². The first-order chi connectivity index (χ1) is 30.2. The van der Waals surface area contributed by atoms with E-state index in [0.717, 1.165) is 28.6 Å². The number of hydrogen-bond acceptors (Lipinski definition) is 2. The number of para-hydroxylation sites is 2. The first kappa shape index (κ1) is 35.0. The molecule has 0 fully saturated rings. The fourth-order valence-electron chi connectivity index (χ4n) is 9.90. The molecule has 1 aliphatic heterocycles.